The van der Waals surface area contributed by atoms with Gasteiger partial charge < -0.3 is 26.0 Å². The standard InChI is InChI=1S/C63H67ClF10N9O14PS2/c1-30(2)95-98(90,96-31(3)4)97-46-18-32(5)17-34(22-48(85)78-44(58(88)89)25-47(75)84)53(46)59(6,7)26-50(87)83(99(91)92)27-45-52-42(64)14-13-39(55(52)82(79-45)29-61(67,68)69)38-12-11-37(15-16-60(8,9)100(10,93)94)76-54(38)43(21-33-19-35(65)23-36(66)20-33)77-49(86)28-81-57-51(56(80-81)63(72,73)74)40-24-41(40)62(57,70)71/h11-14,17-20,23,30-31,40-41,43-44H,21-22,24-29H2,1-10H3,(H2,75,84)(H,77,86)(H,78,85)(H,88,89)(H,91,92)/t40-,41+,43-,44-/m0/s1. The summed E-state index contributed by atoms with van der Waals surface area (Å²) in [6.45, 7) is 8.17. The van der Waals surface area contributed by atoms with Crippen molar-refractivity contribution in [2.45, 2.75) is 173 Å². The van der Waals surface area contributed by atoms with E-state index < -0.39 is 224 Å². The summed E-state index contributed by atoms with van der Waals surface area (Å²) < 4.78 is 231. The minimum atomic E-state index is -5.27. The Bertz CT molecular complexity index is 4500. The van der Waals surface area contributed by atoms with Gasteiger partial charge in [0.1, 0.15) is 52.7 Å². The summed E-state index contributed by atoms with van der Waals surface area (Å²) in [5.74, 6) is -10.7. The number of phosphoric ester groups is 1. The number of nitrogens with one attached hydrogen (secondary N) is 2. The number of benzene rings is 3. The van der Waals surface area contributed by atoms with Gasteiger partial charge in [0.05, 0.1) is 59.6 Å². The Morgan fingerprint density at radius 1 is 0.910 bits per heavy atom. The Balaban J connectivity index is 1.29. The van der Waals surface area contributed by atoms with Gasteiger partial charge in [0.25, 0.3) is 17.2 Å². The van der Waals surface area contributed by atoms with Crippen molar-refractivity contribution in [3.8, 4) is 28.7 Å². The summed E-state index contributed by atoms with van der Waals surface area (Å²) in [6.07, 6.45) is -14.8. The van der Waals surface area contributed by atoms with Crippen molar-refractivity contribution in [2.24, 2.45) is 11.7 Å². The first kappa shape index (κ1) is 77.7. The van der Waals surface area contributed by atoms with Gasteiger partial charge in [-0.1, -0.05) is 43.5 Å². The molecule has 1 unspecified atom stereocenters. The number of rotatable bonds is 27. The van der Waals surface area contributed by atoms with E-state index in [4.69, 9.17) is 30.9 Å². The number of aliphatic carboxylic acids is 1. The molecule has 3 aromatic carbocycles. The van der Waals surface area contributed by atoms with Crippen molar-refractivity contribution in [3.05, 3.63) is 128 Å². The lowest BCUT2D eigenvalue weighted by Crippen LogP contribution is -2.44. The van der Waals surface area contributed by atoms with Crippen LogP contribution in [0.15, 0.2) is 54.6 Å². The number of aromatic nitrogens is 5. The summed E-state index contributed by atoms with van der Waals surface area (Å²) >= 11 is 3.45. The van der Waals surface area contributed by atoms with Gasteiger partial charge in [-0.25, -0.2) is 40.1 Å². The highest BCUT2D eigenvalue weighted by molar-refractivity contribution is 7.92. The van der Waals surface area contributed by atoms with E-state index in [1.54, 1.807) is 0 Å². The predicted molar refractivity (Wildman–Crippen MR) is 341 cm³/mol. The van der Waals surface area contributed by atoms with E-state index in [1.807, 2.05) is 0 Å². The first-order valence-corrected chi connectivity index (χ1v) is 35.1. The molecule has 0 bridgehead atoms. The number of phosphoric acid groups is 1. The Labute approximate surface area is 573 Å². The van der Waals surface area contributed by atoms with Crippen LogP contribution < -0.4 is 20.9 Å². The second kappa shape index (κ2) is 28.8. The number of halogens is 11. The van der Waals surface area contributed by atoms with Crippen LogP contribution in [0.25, 0.3) is 22.0 Å². The third-order valence-electron chi connectivity index (χ3n) is 16.0. The van der Waals surface area contributed by atoms with E-state index in [-0.39, 0.29) is 54.7 Å². The molecule has 3 heterocycles. The van der Waals surface area contributed by atoms with Crippen LogP contribution in [-0.4, -0.2) is 116 Å². The molecular formula is C63H67ClF10N9O14PS2. The summed E-state index contributed by atoms with van der Waals surface area (Å²) in [6, 6.07) is 5.59. The van der Waals surface area contributed by atoms with E-state index in [0.717, 1.165) is 42.7 Å². The predicted octanol–water partition coefficient (Wildman–Crippen LogP) is 10.8. The topological polar surface area (TPSA) is 324 Å². The summed E-state index contributed by atoms with van der Waals surface area (Å²) in [7, 11) is -8.67. The van der Waals surface area contributed by atoms with Gasteiger partial charge in [-0.2, -0.15) is 45.3 Å². The highest BCUT2D eigenvalue weighted by Crippen LogP contribution is 2.68. The third-order valence-corrected chi connectivity index (χ3v) is 20.8. The van der Waals surface area contributed by atoms with Crippen LogP contribution in [0.5, 0.6) is 5.75 Å². The fraction of sp³-hybridized carbons (Fsp3) is 0.460. The Morgan fingerprint density at radius 3 is 2.09 bits per heavy atom. The average Bonchev–Trinajstić information content (AvgIpc) is 1.52. The van der Waals surface area contributed by atoms with Crippen LogP contribution >= 0.6 is 19.4 Å². The maximum atomic E-state index is 15.8. The number of amides is 4. The molecule has 3 aromatic heterocycles. The minimum Gasteiger partial charge on any atom is -0.480 e. The zero-order chi connectivity index (χ0) is 74.6. The van der Waals surface area contributed by atoms with E-state index in [2.05, 4.69) is 37.7 Å². The van der Waals surface area contributed by atoms with E-state index in [0.29, 0.717) is 16.3 Å². The van der Waals surface area contributed by atoms with Gasteiger partial charge in [0.2, 0.25) is 23.6 Å². The number of fused-ring (bicyclic) bond motifs is 4. The Morgan fingerprint density at radius 2 is 1.53 bits per heavy atom. The highest BCUT2D eigenvalue weighted by Gasteiger charge is 2.68. The smallest absolute Gasteiger partial charge is 0.480 e. The van der Waals surface area contributed by atoms with Gasteiger partial charge >= 0.3 is 26.1 Å². The number of alkyl halides is 8. The van der Waals surface area contributed by atoms with Crippen molar-refractivity contribution >= 4 is 81.0 Å². The molecule has 0 radical (unpaired) electrons. The lowest BCUT2D eigenvalue weighted by atomic mass is 9.77. The molecule has 6 aromatic rings. The van der Waals surface area contributed by atoms with Crippen LogP contribution in [0.1, 0.15) is 143 Å². The second-order valence-electron chi connectivity index (χ2n) is 25.8. The molecule has 1 saturated carbocycles. The molecule has 0 aliphatic heterocycles. The van der Waals surface area contributed by atoms with E-state index in [9.17, 15) is 64.0 Å². The Hall–Kier alpha value is -8.00. The fourth-order valence-corrected chi connectivity index (χ4v) is 14.2. The van der Waals surface area contributed by atoms with Gasteiger partial charge in [0, 0.05) is 57.7 Å². The zero-order valence-corrected chi connectivity index (χ0v) is 58.1. The second-order valence-corrected chi connectivity index (χ2v) is 31.2. The minimum absolute atomic E-state index is 0.0416. The molecule has 5 atom stereocenters. The van der Waals surface area contributed by atoms with E-state index in [1.165, 1.54) is 74.4 Å². The maximum absolute atomic E-state index is 15.8. The van der Waals surface area contributed by atoms with Crippen molar-refractivity contribution in [2.75, 3.05) is 6.26 Å². The van der Waals surface area contributed by atoms with Gasteiger partial charge in [-0.15, -0.1) is 0 Å². The normalized spacial score (nSPS) is 16.3. The summed E-state index contributed by atoms with van der Waals surface area (Å²) in [5, 5.41) is 21.1. The molecule has 100 heavy (non-hydrogen) atoms. The maximum Gasteiger partial charge on any atom is 0.530 e. The summed E-state index contributed by atoms with van der Waals surface area (Å²) in [4.78, 5) is 71.6. The van der Waals surface area contributed by atoms with Crippen molar-refractivity contribution in [3.63, 3.8) is 0 Å². The van der Waals surface area contributed by atoms with Crippen LogP contribution in [-0.2, 0) is 109 Å². The molecule has 2 aliphatic carbocycles. The first-order chi connectivity index (χ1) is 46.0. The lowest BCUT2D eigenvalue weighted by molar-refractivity contribution is -0.143. The average molecular weight is 1490 g/mol. The first-order valence-electron chi connectivity index (χ1n) is 30.3. The number of hydrogen-bond acceptors (Lipinski definition) is 15. The summed E-state index contributed by atoms with van der Waals surface area (Å²) in [5.41, 5.74) is -3.10. The molecule has 0 spiro atoms. The van der Waals surface area contributed by atoms with Crippen LogP contribution in [0, 0.1) is 36.3 Å². The molecule has 6 N–H and O–H groups in total. The molecule has 23 nitrogen and oxygen atoms in total. The van der Waals surface area contributed by atoms with Gasteiger partial charge in [-0.3, -0.25) is 42.1 Å². The van der Waals surface area contributed by atoms with E-state index >= 15 is 30.7 Å². The number of pyridine rings is 1. The molecule has 4 amide bonds. The van der Waals surface area contributed by atoms with Gasteiger partial charge in [0.15, 0.2) is 15.5 Å². The van der Waals surface area contributed by atoms with Gasteiger partial charge in [-0.05, 0) is 126 Å². The number of carboxylic acids is 1. The molecular weight excluding hydrogens is 1430 g/mol. The molecule has 2 aliphatic rings. The molecule has 1 fully saturated rings. The number of hydrogen-bond donors (Lipinski definition) is 5. The highest BCUT2D eigenvalue weighted by atomic mass is 35.5. The SMILES string of the molecule is Cc1cc(CC(=O)N[C@@H](CC(N)=O)C(=O)O)c(C(C)(C)CC(=O)N(Cc2nn(CC(F)(F)F)c3c(-c4ccc(C#CC(C)(C)S(C)(=O)=O)nc4[C@H](Cc4cc(F)cc(F)c4)NC(=O)Cn4nc(C(F)(F)F)c5c4C(F)(F)[C@@H]4C[C@H]54)ccc(Cl)c23)S(=O)O)c(OP(=O)(OC(C)C)OC(C)C)c1. The molecule has 8 rings (SSSR count). The van der Waals surface area contributed by atoms with Crippen LogP contribution in [0.3, 0.4) is 0 Å². The quantitative estimate of drug-likeness (QED) is 0.0138. The number of carbonyl (C=O) groups is 5. The lowest BCUT2D eigenvalue weighted by Gasteiger charge is -2.32. The van der Waals surface area contributed by atoms with Crippen molar-refractivity contribution in [1.82, 2.24) is 39.5 Å². The molecule has 37 heteroatoms. The molecule has 542 valence electrons. The van der Waals surface area contributed by atoms with Crippen LogP contribution in [0.4, 0.5) is 43.9 Å². The van der Waals surface area contributed by atoms with Crippen molar-refractivity contribution < 1.29 is 108 Å². The Kier molecular flexibility index (Phi) is 22.4. The number of carbonyl (C=O) groups excluding carboxylic acids is 4. The number of primary amides is 1. The zero-order valence-electron chi connectivity index (χ0n) is 54.8. The van der Waals surface area contributed by atoms with Crippen LogP contribution in [0.2, 0.25) is 5.02 Å². The number of nitrogens with two attached hydrogens (primary N) is 1. The number of sulfone groups is 1. The molecule has 0 saturated heterocycles. The fourth-order valence-electron chi connectivity index (χ4n) is 11.7. The van der Waals surface area contributed by atoms with Crippen molar-refractivity contribution in [1.29, 1.82) is 0 Å². The number of nitrogens with zero attached hydrogens (tertiary/aromatic N) is 6. The largest absolute Gasteiger partial charge is 0.530 e. The third kappa shape index (κ3) is 17.8. The monoisotopic (exact) mass is 1490 g/mol. The number of carboxylic acid groups (broad SMARTS) is 1. The number of aryl methyl sites for hydroxylation is 1.